The lowest BCUT2D eigenvalue weighted by atomic mass is 10.2. The highest BCUT2D eigenvalue weighted by molar-refractivity contribution is 7.07. The minimum Gasteiger partial charge on any atom is -0.364 e. The Bertz CT molecular complexity index is 508. The SMILES string of the molecule is ClCc1cc(N(Cc2ccsc2)C2CC2)ccn1. The van der Waals surface area contributed by atoms with Crippen LogP contribution in [0.5, 0.6) is 0 Å². The van der Waals surface area contributed by atoms with Gasteiger partial charge < -0.3 is 4.90 Å². The standard InChI is InChI=1S/C14H15ClN2S/c15-8-12-7-14(3-5-16-12)17(13-1-2-13)9-11-4-6-18-10-11/h3-7,10,13H,1-2,8-9H2. The van der Waals surface area contributed by atoms with Crippen LogP contribution in [0.1, 0.15) is 24.1 Å². The molecule has 0 amide bonds. The largest absolute Gasteiger partial charge is 0.364 e. The summed E-state index contributed by atoms with van der Waals surface area (Å²) < 4.78 is 0. The van der Waals surface area contributed by atoms with Gasteiger partial charge in [-0.15, -0.1) is 11.6 Å². The summed E-state index contributed by atoms with van der Waals surface area (Å²) in [6.45, 7) is 0.986. The average Bonchev–Trinajstić information content (AvgIpc) is 3.13. The monoisotopic (exact) mass is 278 g/mol. The molecular weight excluding hydrogens is 264 g/mol. The summed E-state index contributed by atoms with van der Waals surface area (Å²) in [5, 5.41) is 4.36. The third-order valence-corrected chi connectivity index (χ3v) is 4.20. The number of hydrogen-bond acceptors (Lipinski definition) is 3. The van der Waals surface area contributed by atoms with E-state index in [-0.39, 0.29) is 0 Å². The Labute approximate surface area is 116 Å². The molecule has 2 aromatic heterocycles. The summed E-state index contributed by atoms with van der Waals surface area (Å²) in [5.41, 5.74) is 3.58. The van der Waals surface area contributed by atoms with Crippen LogP contribution in [0.2, 0.25) is 0 Å². The zero-order valence-electron chi connectivity index (χ0n) is 10.1. The highest BCUT2D eigenvalue weighted by atomic mass is 35.5. The van der Waals surface area contributed by atoms with E-state index in [4.69, 9.17) is 11.6 Å². The number of anilines is 1. The molecule has 18 heavy (non-hydrogen) atoms. The van der Waals surface area contributed by atoms with Gasteiger partial charge in [0, 0.05) is 24.5 Å². The van der Waals surface area contributed by atoms with Gasteiger partial charge in [0.15, 0.2) is 0 Å². The molecule has 2 aromatic rings. The molecule has 0 aromatic carbocycles. The lowest BCUT2D eigenvalue weighted by Crippen LogP contribution is -2.24. The van der Waals surface area contributed by atoms with Crippen molar-refractivity contribution < 1.29 is 0 Å². The van der Waals surface area contributed by atoms with Gasteiger partial charge in [-0.05, 0) is 47.4 Å². The summed E-state index contributed by atoms with van der Waals surface area (Å²) in [5.74, 6) is 0.477. The fourth-order valence-corrected chi connectivity index (χ4v) is 2.92. The van der Waals surface area contributed by atoms with Crippen LogP contribution in [-0.4, -0.2) is 11.0 Å². The summed E-state index contributed by atoms with van der Waals surface area (Å²) in [7, 11) is 0. The summed E-state index contributed by atoms with van der Waals surface area (Å²) >= 11 is 7.62. The minimum absolute atomic E-state index is 0.477. The van der Waals surface area contributed by atoms with Crippen LogP contribution in [0.15, 0.2) is 35.2 Å². The van der Waals surface area contributed by atoms with Crippen molar-refractivity contribution in [2.45, 2.75) is 31.3 Å². The second kappa shape index (κ2) is 5.29. The summed E-state index contributed by atoms with van der Waals surface area (Å²) in [6.07, 6.45) is 4.45. The third-order valence-electron chi connectivity index (χ3n) is 3.19. The number of nitrogens with zero attached hydrogens (tertiary/aromatic N) is 2. The maximum Gasteiger partial charge on any atom is 0.0648 e. The molecule has 2 heterocycles. The molecule has 0 saturated heterocycles. The molecule has 2 nitrogen and oxygen atoms in total. The van der Waals surface area contributed by atoms with Gasteiger partial charge in [0.25, 0.3) is 0 Å². The van der Waals surface area contributed by atoms with Crippen LogP contribution >= 0.6 is 22.9 Å². The van der Waals surface area contributed by atoms with E-state index >= 15 is 0 Å². The summed E-state index contributed by atoms with van der Waals surface area (Å²) in [6, 6.07) is 7.08. The molecule has 0 aliphatic heterocycles. The molecule has 1 aliphatic rings. The quantitative estimate of drug-likeness (QED) is 0.767. The molecular formula is C14H15ClN2S. The van der Waals surface area contributed by atoms with Gasteiger partial charge in [0.05, 0.1) is 11.6 Å². The van der Waals surface area contributed by atoms with Crippen LogP contribution in [-0.2, 0) is 12.4 Å². The van der Waals surface area contributed by atoms with Crippen LogP contribution < -0.4 is 4.90 Å². The van der Waals surface area contributed by atoms with Gasteiger partial charge in [0.2, 0.25) is 0 Å². The van der Waals surface area contributed by atoms with E-state index in [0.717, 1.165) is 12.2 Å². The zero-order valence-corrected chi connectivity index (χ0v) is 11.6. The molecule has 0 radical (unpaired) electrons. The van der Waals surface area contributed by atoms with E-state index in [9.17, 15) is 0 Å². The van der Waals surface area contributed by atoms with Gasteiger partial charge in [-0.1, -0.05) is 0 Å². The summed E-state index contributed by atoms with van der Waals surface area (Å²) in [4.78, 5) is 6.73. The van der Waals surface area contributed by atoms with Crippen LogP contribution in [0, 0.1) is 0 Å². The number of hydrogen-bond donors (Lipinski definition) is 0. The lowest BCUT2D eigenvalue weighted by molar-refractivity contribution is 0.794. The van der Waals surface area contributed by atoms with E-state index < -0.39 is 0 Å². The van der Waals surface area contributed by atoms with Gasteiger partial charge >= 0.3 is 0 Å². The maximum atomic E-state index is 5.86. The van der Waals surface area contributed by atoms with Crippen molar-refractivity contribution in [1.29, 1.82) is 0 Å². The first kappa shape index (κ1) is 12.0. The van der Waals surface area contributed by atoms with Crippen LogP contribution in [0.4, 0.5) is 5.69 Å². The Hall–Kier alpha value is -1.06. The number of thiophene rings is 1. The van der Waals surface area contributed by atoms with Crippen molar-refractivity contribution in [3.05, 3.63) is 46.4 Å². The van der Waals surface area contributed by atoms with Crippen LogP contribution in [0.3, 0.4) is 0 Å². The Morgan fingerprint density at radius 2 is 2.28 bits per heavy atom. The Morgan fingerprint density at radius 1 is 1.39 bits per heavy atom. The smallest absolute Gasteiger partial charge is 0.0648 e. The Morgan fingerprint density at radius 3 is 2.94 bits per heavy atom. The molecule has 0 unspecified atom stereocenters. The first-order valence-corrected chi connectivity index (χ1v) is 7.63. The van der Waals surface area contributed by atoms with E-state index in [0.29, 0.717) is 11.9 Å². The Kier molecular flexibility index (Phi) is 3.52. The van der Waals surface area contributed by atoms with Crippen molar-refractivity contribution in [3.8, 4) is 0 Å². The van der Waals surface area contributed by atoms with E-state index in [2.05, 4.69) is 38.8 Å². The highest BCUT2D eigenvalue weighted by Crippen LogP contribution is 2.33. The van der Waals surface area contributed by atoms with E-state index in [1.165, 1.54) is 24.1 Å². The first-order chi connectivity index (χ1) is 8.86. The molecule has 0 atom stereocenters. The van der Waals surface area contributed by atoms with Gasteiger partial charge in [-0.2, -0.15) is 11.3 Å². The minimum atomic E-state index is 0.477. The molecule has 3 rings (SSSR count). The molecule has 0 N–H and O–H groups in total. The van der Waals surface area contributed by atoms with Crippen molar-refractivity contribution in [3.63, 3.8) is 0 Å². The number of pyridine rings is 1. The predicted octanol–water partition coefficient (Wildman–Crippen LogP) is 4.05. The van der Waals surface area contributed by atoms with Crippen molar-refractivity contribution in [2.24, 2.45) is 0 Å². The molecule has 1 fully saturated rings. The first-order valence-electron chi connectivity index (χ1n) is 6.15. The fraction of sp³-hybridized carbons (Fsp3) is 0.357. The molecule has 4 heteroatoms. The number of halogens is 1. The molecule has 1 saturated carbocycles. The number of alkyl halides is 1. The molecule has 1 aliphatic carbocycles. The van der Waals surface area contributed by atoms with E-state index in [1.807, 2.05) is 6.20 Å². The second-order valence-corrected chi connectivity index (χ2v) is 5.68. The van der Waals surface area contributed by atoms with Crippen LogP contribution in [0.25, 0.3) is 0 Å². The zero-order chi connectivity index (χ0) is 12.4. The van der Waals surface area contributed by atoms with Gasteiger partial charge in [-0.25, -0.2) is 0 Å². The number of rotatable bonds is 5. The average molecular weight is 279 g/mol. The van der Waals surface area contributed by atoms with Crippen molar-refractivity contribution >= 4 is 28.6 Å². The third kappa shape index (κ3) is 2.68. The molecule has 94 valence electrons. The predicted molar refractivity (Wildman–Crippen MR) is 77.3 cm³/mol. The fourth-order valence-electron chi connectivity index (χ4n) is 2.11. The van der Waals surface area contributed by atoms with Crippen molar-refractivity contribution in [1.82, 2.24) is 4.98 Å². The number of aromatic nitrogens is 1. The van der Waals surface area contributed by atoms with Gasteiger partial charge in [-0.3, -0.25) is 4.98 Å². The second-order valence-electron chi connectivity index (χ2n) is 4.63. The highest BCUT2D eigenvalue weighted by Gasteiger charge is 2.29. The van der Waals surface area contributed by atoms with E-state index in [1.54, 1.807) is 11.3 Å². The maximum absolute atomic E-state index is 5.86. The van der Waals surface area contributed by atoms with Gasteiger partial charge in [0.1, 0.15) is 0 Å². The van der Waals surface area contributed by atoms with Crippen molar-refractivity contribution in [2.75, 3.05) is 4.90 Å². The lowest BCUT2D eigenvalue weighted by Gasteiger charge is -2.24. The Balaban J connectivity index is 1.84. The topological polar surface area (TPSA) is 16.1 Å². The molecule has 0 bridgehead atoms. The molecule has 0 spiro atoms. The normalized spacial score (nSPS) is 14.7.